The van der Waals surface area contributed by atoms with E-state index in [-0.39, 0.29) is 0 Å². The molecule has 0 saturated carbocycles. The molecule has 0 heterocycles. The molecule has 0 amide bonds. The molecule has 1 rings (SSSR count). The predicted octanol–water partition coefficient (Wildman–Crippen LogP) is 3.67. The molecule has 0 radical (unpaired) electrons. The summed E-state index contributed by atoms with van der Waals surface area (Å²) in [4.78, 5) is 0. The quantitative estimate of drug-likeness (QED) is 0.634. The summed E-state index contributed by atoms with van der Waals surface area (Å²) in [6, 6.07) is 10.5. The lowest BCUT2D eigenvalue weighted by Crippen LogP contribution is -1.88. The van der Waals surface area contributed by atoms with Crippen LogP contribution >= 0.6 is 11.8 Å². The molecule has 0 N–H and O–H groups in total. The Bertz CT molecular complexity index is 228. The third kappa shape index (κ3) is 2.42. The Hall–Kier alpha value is -0.690. The Morgan fingerprint density at radius 3 is 2.58 bits per heavy atom. The number of hydrogen-bond donors (Lipinski definition) is 0. The van der Waals surface area contributed by atoms with Gasteiger partial charge in [-0.05, 0) is 11.3 Å². The van der Waals surface area contributed by atoms with Crippen molar-refractivity contribution in [3.05, 3.63) is 48.6 Å². The number of hydrogen-bond acceptors (Lipinski definition) is 1. The van der Waals surface area contributed by atoms with Crippen LogP contribution in [0.5, 0.6) is 0 Å². The van der Waals surface area contributed by atoms with Gasteiger partial charge in [-0.1, -0.05) is 43.3 Å². The fourth-order valence-corrected chi connectivity index (χ4v) is 1.97. The predicted molar refractivity (Wildman–Crippen MR) is 57.5 cm³/mol. The van der Waals surface area contributed by atoms with E-state index in [2.05, 4.69) is 37.8 Å². The average molecular weight is 178 g/mol. The molecule has 12 heavy (non-hydrogen) atoms. The number of benzene rings is 1. The fourth-order valence-electron chi connectivity index (χ4n) is 1.12. The summed E-state index contributed by atoms with van der Waals surface area (Å²) in [6.07, 6.45) is 2.00. The van der Waals surface area contributed by atoms with Gasteiger partial charge in [-0.2, -0.15) is 0 Å². The van der Waals surface area contributed by atoms with Crippen molar-refractivity contribution in [3.63, 3.8) is 0 Å². The Labute approximate surface area is 78.7 Å². The zero-order chi connectivity index (χ0) is 8.81. The van der Waals surface area contributed by atoms with E-state index in [4.69, 9.17) is 0 Å². The molecule has 0 aliphatic carbocycles. The lowest BCUT2D eigenvalue weighted by atomic mass is 10.1. The van der Waals surface area contributed by atoms with E-state index in [1.807, 2.05) is 23.9 Å². The maximum absolute atomic E-state index is 3.84. The van der Waals surface area contributed by atoms with Crippen molar-refractivity contribution >= 4 is 11.8 Å². The largest absolute Gasteiger partial charge is 0.150 e. The van der Waals surface area contributed by atoms with Crippen molar-refractivity contribution in [1.82, 2.24) is 0 Å². The minimum Gasteiger partial charge on any atom is -0.150 e. The van der Waals surface area contributed by atoms with Gasteiger partial charge in [0.2, 0.25) is 0 Å². The van der Waals surface area contributed by atoms with Crippen LogP contribution in [0.4, 0.5) is 0 Å². The van der Waals surface area contributed by atoms with Crippen LogP contribution in [0.3, 0.4) is 0 Å². The van der Waals surface area contributed by atoms with Gasteiger partial charge < -0.3 is 0 Å². The van der Waals surface area contributed by atoms with E-state index >= 15 is 0 Å². The van der Waals surface area contributed by atoms with Crippen LogP contribution in [0.25, 0.3) is 0 Å². The van der Waals surface area contributed by atoms with E-state index in [1.165, 1.54) is 5.56 Å². The van der Waals surface area contributed by atoms with E-state index in [1.54, 1.807) is 0 Å². The maximum atomic E-state index is 3.84. The molecule has 1 heteroatoms. The Morgan fingerprint density at radius 2 is 2.08 bits per heavy atom. The van der Waals surface area contributed by atoms with Gasteiger partial charge in [-0.25, -0.2) is 0 Å². The molecule has 1 atom stereocenters. The van der Waals surface area contributed by atoms with Crippen LogP contribution in [0.2, 0.25) is 0 Å². The zero-order valence-electron chi connectivity index (χ0n) is 7.36. The monoisotopic (exact) mass is 178 g/mol. The van der Waals surface area contributed by atoms with Crippen molar-refractivity contribution in [3.8, 4) is 0 Å². The zero-order valence-corrected chi connectivity index (χ0v) is 8.18. The van der Waals surface area contributed by atoms with Crippen LogP contribution < -0.4 is 0 Å². The van der Waals surface area contributed by atoms with Crippen LogP contribution in [-0.4, -0.2) is 5.75 Å². The summed E-state index contributed by atoms with van der Waals surface area (Å²) < 4.78 is 0. The van der Waals surface area contributed by atoms with Gasteiger partial charge in [0.25, 0.3) is 0 Å². The van der Waals surface area contributed by atoms with Gasteiger partial charge in [-0.15, -0.1) is 18.3 Å². The van der Waals surface area contributed by atoms with Gasteiger partial charge in [0.1, 0.15) is 0 Å². The van der Waals surface area contributed by atoms with Gasteiger partial charge >= 0.3 is 0 Å². The minimum absolute atomic E-state index is 0.455. The summed E-state index contributed by atoms with van der Waals surface area (Å²) >= 11 is 1.91. The standard InChI is InChI=1S/C11H14S/c1-3-11(12-4-2)10-8-6-5-7-9-10/h3,5-9,11H,1,4H2,2H3. The van der Waals surface area contributed by atoms with E-state index in [9.17, 15) is 0 Å². The first-order valence-electron chi connectivity index (χ1n) is 4.17. The molecular weight excluding hydrogens is 164 g/mol. The molecule has 0 bridgehead atoms. The Balaban J connectivity index is 2.73. The molecule has 1 unspecified atom stereocenters. The summed E-state index contributed by atoms with van der Waals surface area (Å²) in [7, 11) is 0. The van der Waals surface area contributed by atoms with Crippen LogP contribution in [0.1, 0.15) is 17.7 Å². The molecular formula is C11H14S. The van der Waals surface area contributed by atoms with Crippen LogP contribution in [0.15, 0.2) is 43.0 Å². The highest BCUT2D eigenvalue weighted by Gasteiger charge is 2.04. The molecule has 64 valence electrons. The van der Waals surface area contributed by atoms with Gasteiger partial charge in [0.05, 0.1) is 0 Å². The van der Waals surface area contributed by atoms with E-state index in [0.29, 0.717) is 5.25 Å². The highest BCUT2D eigenvalue weighted by atomic mass is 32.2. The van der Waals surface area contributed by atoms with Crippen molar-refractivity contribution in [2.24, 2.45) is 0 Å². The molecule has 1 aromatic carbocycles. The lowest BCUT2D eigenvalue weighted by Gasteiger charge is -2.10. The first kappa shape index (κ1) is 9.40. The lowest BCUT2D eigenvalue weighted by molar-refractivity contribution is 1.23. The summed E-state index contributed by atoms with van der Waals surface area (Å²) in [5, 5.41) is 0.455. The van der Waals surface area contributed by atoms with Crippen molar-refractivity contribution < 1.29 is 0 Å². The smallest absolute Gasteiger partial charge is 0.0474 e. The summed E-state index contributed by atoms with van der Waals surface area (Å²) in [5.74, 6) is 1.13. The first-order valence-corrected chi connectivity index (χ1v) is 5.22. The molecule has 1 aromatic rings. The normalized spacial score (nSPS) is 12.4. The minimum atomic E-state index is 0.455. The van der Waals surface area contributed by atoms with Crippen molar-refractivity contribution in [1.29, 1.82) is 0 Å². The Kier molecular flexibility index (Phi) is 3.95. The molecule has 0 aliphatic heterocycles. The van der Waals surface area contributed by atoms with E-state index < -0.39 is 0 Å². The summed E-state index contributed by atoms with van der Waals surface area (Å²) in [5.41, 5.74) is 1.35. The summed E-state index contributed by atoms with van der Waals surface area (Å²) in [6.45, 7) is 6.01. The second-order valence-electron chi connectivity index (χ2n) is 2.52. The highest BCUT2D eigenvalue weighted by molar-refractivity contribution is 7.99. The van der Waals surface area contributed by atoms with Crippen LogP contribution in [0, 0.1) is 0 Å². The third-order valence-corrected chi connectivity index (χ3v) is 2.85. The van der Waals surface area contributed by atoms with Crippen molar-refractivity contribution in [2.75, 3.05) is 5.75 Å². The SMILES string of the molecule is C=CC(SCC)c1ccccc1. The first-order chi connectivity index (χ1) is 5.88. The fraction of sp³-hybridized carbons (Fsp3) is 0.273. The van der Waals surface area contributed by atoms with Crippen LogP contribution in [-0.2, 0) is 0 Å². The maximum Gasteiger partial charge on any atom is 0.0474 e. The van der Waals surface area contributed by atoms with E-state index in [0.717, 1.165) is 5.75 Å². The molecule has 0 saturated heterocycles. The third-order valence-electron chi connectivity index (χ3n) is 1.69. The molecule has 0 aromatic heterocycles. The molecule has 0 aliphatic rings. The molecule has 0 fully saturated rings. The topological polar surface area (TPSA) is 0 Å². The molecule has 0 spiro atoms. The number of thioether (sulfide) groups is 1. The second kappa shape index (κ2) is 5.04. The molecule has 0 nitrogen and oxygen atoms in total. The van der Waals surface area contributed by atoms with Crippen molar-refractivity contribution in [2.45, 2.75) is 12.2 Å². The Morgan fingerprint density at radius 1 is 1.42 bits per heavy atom. The number of rotatable bonds is 4. The average Bonchev–Trinajstić information content (AvgIpc) is 2.15. The highest BCUT2D eigenvalue weighted by Crippen LogP contribution is 2.28. The second-order valence-corrected chi connectivity index (χ2v) is 3.94. The van der Waals surface area contributed by atoms with Gasteiger partial charge in [0, 0.05) is 5.25 Å². The van der Waals surface area contributed by atoms with Gasteiger partial charge in [-0.3, -0.25) is 0 Å². The van der Waals surface area contributed by atoms with Gasteiger partial charge in [0.15, 0.2) is 0 Å².